The Morgan fingerprint density at radius 3 is 2.12 bits per heavy atom. The highest BCUT2D eigenvalue weighted by atomic mass is 32.2. The van der Waals surface area contributed by atoms with Crippen LogP contribution in [0, 0.1) is 11.6 Å². The Labute approximate surface area is 146 Å². The van der Waals surface area contributed by atoms with Crippen LogP contribution in [0.5, 0.6) is 0 Å². The van der Waals surface area contributed by atoms with E-state index in [0.717, 1.165) is 21.3 Å². The number of hydrogen-bond donors (Lipinski definition) is 1. The highest BCUT2D eigenvalue weighted by Gasteiger charge is 2.19. The van der Waals surface area contributed by atoms with Gasteiger partial charge in [0.1, 0.15) is 11.6 Å². The molecular formula is C16H13F2N3O4S. The van der Waals surface area contributed by atoms with E-state index in [1.165, 1.54) is 32.3 Å². The fraction of sp³-hybridized carbons (Fsp3) is 0.125. The summed E-state index contributed by atoms with van der Waals surface area (Å²) in [7, 11) is -1.47. The number of fused-ring (bicyclic) bond motifs is 1. The Kier molecular flexibility index (Phi) is 4.15. The van der Waals surface area contributed by atoms with Crippen LogP contribution in [0.25, 0.3) is 11.0 Å². The van der Waals surface area contributed by atoms with Gasteiger partial charge in [-0.25, -0.2) is 17.2 Å². The van der Waals surface area contributed by atoms with Crippen LogP contribution in [-0.4, -0.2) is 17.6 Å². The molecule has 3 aromatic rings. The van der Waals surface area contributed by atoms with Crippen molar-refractivity contribution < 1.29 is 17.2 Å². The van der Waals surface area contributed by atoms with Crippen LogP contribution < -0.4 is 15.8 Å². The lowest BCUT2D eigenvalue weighted by atomic mass is 10.3. The molecule has 0 aliphatic carbocycles. The number of nitrogens with zero attached hydrogens (tertiary/aromatic N) is 2. The molecule has 1 aromatic heterocycles. The molecule has 0 atom stereocenters. The van der Waals surface area contributed by atoms with Gasteiger partial charge in [-0.1, -0.05) is 0 Å². The van der Waals surface area contributed by atoms with E-state index in [2.05, 4.69) is 0 Å². The van der Waals surface area contributed by atoms with E-state index in [9.17, 15) is 26.8 Å². The molecule has 2 aromatic carbocycles. The molecule has 0 saturated carbocycles. The van der Waals surface area contributed by atoms with Crippen LogP contribution >= 0.6 is 0 Å². The maximum atomic E-state index is 13.7. The standard InChI is InChI=1S/C16H13F2N3O4S/c1-20-13-6-4-10(8-14(13)21(2)16(23)15(20)22)26(24,25)19-12-5-3-9(17)7-11(12)18/h3-8,19H,1-2H3. The van der Waals surface area contributed by atoms with Crippen molar-refractivity contribution in [2.45, 2.75) is 4.90 Å². The van der Waals surface area contributed by atoms with Crippen molar-refractivity contribution in [2.75, 3.05) is 4.72 Å². The first kappa shape index (κ1) is 17.8. The monoisotopic (exact) mass is 381 g/mol. The zero-order valence-corrected chi connectivity index (χ0v) is 14.5. The molecular weight excluding hydrogens is 368 g/mol. The quantitative estimate of drug-likeness (QED) is 0.693. The number of hydrogen-bond acceptors (Lipinski definition) is 4. The molecule has 0 amide bonds. The van der Waals surface area contributed by atoms with Gasteiger partial charge in [0.2, 0.25) is 0 Å². The van der Waals surface area contributed by atoms with Crippen molar-refractivity contribution in [3.8, 4) is 0 Å². The molecule has 0 bridgehead atoms. The predicted octanol–water partition coefficient (Wildman–Crippen LogP) is 1.32. The Balaban J connectivity index is 2.15. The van der Waals surface area contributed by atoms with Crippen LogP contribution in [0.3, 0.4) is 0 Å². The third-order valence-electron chi connectivity index (χ3n) is 3.95. The number of sulfonamides is 1. The molecule has 1 heterocycles. The average molecular weight is 381 g/mol. The second kappa shape index (κ2) is 6.06. The fourth-order valence-corrected chi connectivity index (χ4v) is 3.59. The second-order valence-electron chi connectivity index (χ2n) is 5.61. The van der Waals surface area contributed by atoms with Gasteiger partial charge in [0, 0.05) is 20.2 Å². The number of benzene rings is 2. The molecule has 0 saturated heterocycles. The predicted molar refractivity (Wildman–Crippen MR) is 91.6 cm³/mol. The van der Waals surface area contributed by atoms with Gasteiger partial charge in [-0.05, 0) is 30.3 Å². The summed E-state index contributed by atoms with van der Waals surface area (Å²) in [5.74, 6) is -1.91. The van der Waals surface area contributed by atoms with Crippen molar-refractivity contribution in [2.24, 2.45) is 14.1 Å². The number of nitrogens with one attached hydrogen (secondary N) is 1. The van der Waals surface area contributed by atoms with Gasteiger partial charge < -0.3 is 9.13 Å². The maximum absolute atomic E-state index is 13.7. The van der Waals surface area contributed by atoms with Gasteiger partial charge in [-0.15, -0.1) is 0 Å². The molecule has 0 aliphatic heterocycles. The van der Waals surface area contributed by atoms with Gasteiger partial charge >= 0.3 is 11.1 Å². The Morgan fingerprint density at radius 2 is 1.50 bits per heavy atom. The summed E-state index contributed by atoms with van der Waals surface area (Å²) in [4.78, 5) is 23.5. The first-order valence-electron chi connectivity index (χ1n) is 7.29. The highest BCUT2D eigenvalue weighted by molar-refractivity contribution is 7.92. The van der Waals surface area contributed by atoms with Gasteiger partial charge in [-0.2, -0.15) is 0 Å². The van der Waals surface area contributed by atoms with Crippen LogP contribution in [0.15, 0.2) is 50.9 Å². The normalized spacial score (nSPS) is 11.7. The van der Waals surface area contributed by atoms with Gasteiger partial charge in [0.05, 0.1) is 21.6 Å². The number of halogens is 2. The first-order valence-corrected chi connectivity index (χ1v) is 8.78. The second-order valence-corrected chi connectivity index (χ2v) is 7.29. The zero-order valence-electron chi connectivity index (χ0n) is 13.7. The average Bonchev–Trinajstić information content (AvgIpc) is 2.60. The van der Waals surface area contributed by atoms with E-state index >= 15 is 0 Å². The molecule has 136 valence electrons. The van der Waals surface area contributed by atoms with Crippen molar-refractivity contribution in [3.63, 3.8) is 0 Å². The molecule has 0 spiro atoms. The lowest BCUT2D eigenvalue weighted by molar-refractivity contribution is 0.583. The lowest BCUT2D eigenvalue weighted by Crippen LogP contribution is -2.39. The summed E-state index contributed by atoms with van der Waals surface area (Å²) in [6.07, 6.45) is 0. The SMILES string of the molecule is Cn1c(=O)c(=O)n(C)c2cc(S(=O)(=O)Nc3ccc(F)cc3F)ccc21. The molecule has 7 nitrogen and oxygen atoms in total. The van der Waals surface area contributed by atoms with E-state index < -0.39 is 38.5 Å². The number of aromatic nitrogens is 2. The van der Waals surface area contributed by atoms with Gasteiger partial charge in [-0.3, -0.25) is 14.3 Å². The summed E-state index contributed by atoms with van der Waals surface area (Å²) in [6.45, 7) is 0. The first-order chi connectivity index (χ1) is 12.1. The summed E-state index contributed by atoms with van der Waals surface area (Å²) < 4.78 is 55.9. The third-order valence-corrected chi connectivity index (χ3v) is 5.31. The highest BCUT2D eigenvalue weighted by Crippen LogP contribution is 2.22. The summed E-state index contributed by atoms with van der Waals surface area (Å²) in [5.41, 5.74) is -1.42. The maximum Gasteiger partial charge on any atom is 0.316 e. The van der Waals surface area contributed by atoms with Crippen LogP contribution in [0.2, 0.25) is 0 Å². The zero-order chi connectivity index (χ0) is 19.2. The number of aryl methyl sites for hydroxylation is 2. The minimum Gasteiger partial charge on any atom is -0.305 e. The molecule has 0 radical (unpaired) electrons. The van der Waals surface area contributed by atoms with E-state index in [4.69, 9.17) is 0 Å². The topological polar surface area (TPSA) is 90.2 Å². The van der Waals surface area contributed by atoms with Crippen LogP contribution in [-0.2, 0) is 24.1 Å². The molecule has 1 N–H and O–H groups in total. The Morgan fingerprint density at radius 1 is 0.885 bits per heavy atom. The molecule has 10 heteroatoms. The lowest BCUT2D eigenvalue weighted by Gasteiger charge is -2.12. The van der Waals surface area contributed by atoms with E-state index in [-0.39, 0.29) is 10.4 Å². The van der Waals surface area contributed by atoms with Crippen LogP contribution in [0.4, 0.5) is 14.5 Å². The molecule has 0 fully saturated rings. The van der Waals surface area contributed by atoms with Crippen LogP contribution in [0.1, 0.15) is 0 Å². The summed E-state index contributed by atoms with van der Waals surface area (Å²) in [6, 6.07) is 6.21. The van der Waals surface area contributed by atoms with Crippen molar-refractivity contribution in [1.82, 2.24) is 9.13 Å². The fourth-order valence-electron chi connectivity index (χ4n) is 2.50. The molecule has 0 aliphatic rings. The number of rotatable bonds is 3. The van der Waals surface area contributed by atoms with Crippen molar-refractivity contribution >= 4 is 26.7 Å². The molecule has 3 rings (SSSR count). The summed E-state index contributed by atoms with van der Waals surface area (Å²) >= 11 is 0. The minimum absolute atomic E-state index is 0.208. The Hall–Kier alpha value is -3.01. The molecule has 26 heavy (non-hydrogen) atoms. The van der Waals surface area contributed by atoms with Crippen molar-refractivity contribution in [3.05, 3.63) is 68.7 Å². The van der Waals surface area contributed by atoms with E-state index in [0.29, 0.717) is 11.6 Å². The van der Waals surface area contributed by atoms with E-state index in [1.54, 1.807) is 0 Å². The minimum atomic E-state index is -4.21. The smallest absolute Gasteiger partial charge is 0.305 e. The Bertz CT molecular complexity index is 1260. The molecule has 0 unspecified atom stereocenters. The van der Waals surface area contributed by atoms with Gasteiger partial charge in [0.25, 0.3) is 10.0 Å². The summed E-state index contributed by atoms with van der Waals surface area (Å²) in [5, 5.41) is 0. The van der Waals surface area contributed by atoms with Crippen molar-refractivity contribution in [1.29, 1.82) is 0 Å². The number of anilines is 1. The largest absolute Gasteiger partial charge is 0.316 e. The third kappa shape index (κ3) is 2.88. The van der Waals surface area contributed by atoms with Gasteiger partial charge in [0.15, 0.2) is 0 Å². The van der Waals surface area contributed by atoms with E-state index in [1.807, 2.05) is 4.72 Å².